The molecule has 3 heterocycles. The largest absolute Gasteiger partial charge is 0.507 e. The van der Waals surface area contributed by atoms with Crippen molar-refractivity contribution in [3.05, 3.63) is 60.2 Å². The van der Waals surface area contributed by atoms with E-state index in [1.54, 1.807) is 6.07 Å². The number of nitrogens with two attached hydrogens (primary N) is 1. The zero-order chi connectivity index (χ0) is 25.7. The van der Waals surface area contributed by atoms with Crippen LogP contribution < -0.4 is 20.7 Å². The number of aromatic hydroxyl groups is 1. The van der Waals surface area contributed by atoms with Crippen LogP contribution in [0.1, 0.15) is 44.1 Å². The fourth-order valence-electron chi connectivity index (χ4n) is 7.91. The highest BCUT2D eigenvalue weighted by Gasteiger charge is 2.60. The molecule has 2 unspecified atom stereocenters. The predicted molar refractivity (Wildman–Crippen MR) is 149 cm³/mol. The Balaban J connectivity index is 1.13. The molecule has 4 aliphatic rings. The number of para-hydroxylation sites is 1. The smallest absolute Gasteiger partial charge is 0.169 e. The average molecular weight is 512 g/mol. The Morgan fingerprint density at radius 3 is 2.74 bits per heavy atom. The van der Waals surface area contributed by atoms with Crippen LogP contribution in [0.2, 0.25) is 0 Å². The number of benzene rings is 2. The summed E-state index contributed by atoms with van der Waals surface area (Å²) in [7, 11) is 0. The standard InChI is InChI=1S/C31H37N5O2/c32-30-28(16-27(34-35-30)25-6-1-2-7-29(25)37)36-13-10-20-14-26-21(19-36)18-31(26,17-20)22-4-3-5-24(15-22)38-23-8-11-33-12-9-23/h1-7,15-16,20-21,23,26,33,37H,8-14,17-19H2,(H2,32,35)/t20-,21+,26?,31?/m1/s1. The molecule has 4 fully saturated rings. The van der Waals surface area contributed by atoms with Gasteiger partial charge in [-0.05, 0) is 111 Å². The van der Waals surface area contributed by atoms with E-state index in [9.17, 15) is 5.11 Å². The third-order valence-electron chi connectivity index (χ3n) is 9.73. The van der Waals surface area contributed by atoms with E-state index in [2.05, 4.69) is 44.7 Å². The van der Waals surface area contributed by atoms with Gasteiger partial charge in [-0.15, -0.1) is 10.2 Å². The van der Waals surface area contributed by atoms with Gasteiger partial charge in [0.05, 0.1) is 11.4 Å². The molecule has 4 atom stereocenters. The molecule has 198 valence electrons. The van der Waals surface area contributed by atoms with Gasteiger partial charge in [0, 0.05) is 18.7 Å². The van der Waals surface area contributed by atoms with Gasteiger partial charge in [0.1, 0.15) is 17.6 Å². The van der Waals surface area contributed by atoms with Crippen molar-refractivity contribution in [1.82, 2.24) is 15.5 Å². The molecular formula is C31H37N5O2. The molecule has 1 aromatic heterocycles. The number of hydrogen-bond acceptors (Lipinski definition) is 7. The topological polar surface area (TPSA) is 96.5 Å². The number of phenols is 1. The van der Waals surface area contributed by atoms with E-state index in [0.29, 0.717) is 35.0 Å². The van der Waals surface area contributed by atoms with Gasteiger partial charge in [0.2, 0.25) is 0 Å². The lowest BCUT2D eigenvalue weighted by atomic mass is 9.52. The fourth-order valence-corrected chi connectivity index (χ4v) is 7.91. The van der Waals surface area contributed by atoms with Crippen molar-refractivity contribution in [3.63, 3.8) is 0 Å². The van der Waals surface area contributed by atoms with E-state index in [0.717, 1.165) is 62.8 Å². The molecule has 0 amide bonds. The Morgan fingerprint density at radius 1 is 1.00 bits per heavy atom. The molecule has 2 bridgehead atoms. The molecular weight excluding hydrogens is 474 g/mol. The molecule has 4 N–H and O–H groups in total. The third kappa shape index (κ3) is 4.08. The summed E-state index contributed by atoms with van der Waals surface area (Å²) >= 11 is 0. The number of hydrogen-bond donors (Lipinski definition) is 3. The highest BCUT2D eigenvalue weighted by molar-refractivity contribution is 5.74. The molecule has 38 heavy (non-hydrogen) atoms. The normalized spacial score (nSPS) is 28.8. The zero-order valence-electron chi connectivity index (χ0n) is 21.9. The van der Waals surface area contributed by atoms with Crippen LogP contribution in [-0.2, 0) is 5.41 Å². The number of fused-ring (bicyclic) bond motifs is 1. The molecule has 2 aliphatic carbocycles. The lowest BCUT2D eigenvalue weighted by molar-refractivity contribution is 0.0639. The third-order valence-corrected chi connectivity index (χ3v) is 9.73. The van der Waals surface area contributed by atoms with Gasteiger partial charge in [-0.25, -0.2) is 0 Å². The zero-order valence-corrected chi connectivity index (χ0v) is 21.9. The van der Waals surface area contributed by atoms with Crippen LogP contribution in [-0.4, -0.2) is 47.6 Å². The second kappa shape index (κ2) is 9.45. The molecule has 2 aliphatic heterocycles. The van der Waals surface area contributed by atoms with E-state index in [4.69, 9.17) is 10.5 Å². The molecule has 0 spiro atoms. The number of piperidine rings is 1. The van der Waals surface area contributed by atoms with Crippen molar-refractivity contribution in [1.29, 1.82) is 0 Å². The van der Waals surface area contributed by atoms with Crippen molar-refractivity contribution >= 4 is 11.5 Å². The van der Waals surface area contributed by atoms with Crippen molar-refractivity contribution in [2.75, 3.05) is 36.8 Å². The molecule has 7 heteroatoms. The van der Waals surface area contributed by atoms with Gasteiger partial charge >= 0.3 is 0 Å². The maximum absolute atomic E-state index is 10.4. The first-order valence-electron chi connectivity index (χ1n) is 14.2. The van der Waals surface area contributed by atoms with E-state index in [1.165, 1.54) is 24.8 Å². The van der Waals surface area contributed by atoms with Crippen LogP contribution >= 0.6 is 0 Å². The second-order valence-corrected chi connectivity index (χ2v) is 11.9. The van der Waals surface area contributed by atoms with Gasteiger partial charge < -0.3 is 25.8 Å². The second-order valence-electron chi connectivity index (χ2n) is 11.9. The maximum Gasteiger partial charge on any atom is 0.169 e. The summed E-state index contributed by atoms with van der Waals surface area (Å²) in [5.74, 6) is 3.76. The summed E-state index contributed by atoms with van der Waals surface area (Å²) in [6.07, 6.45) is 7.45. The van der Waals surface area contributed by atoms with Crippen molar-refractivity contribution in [3.8, 4) is 22.8 Å². The number of nitrogen functional groups attached to an aromatic ring is 1. The quantitative estimate of drug-likeness (QED) is 0.455. The Hall–Kier alpha value is -3.32. The first-order valence-corrected chi connectivity index (χ1v) is 14.2. The lowest BCUT2D eigenvalue weighted by Crippen LogP contribution is -2.52. The Labute approximate surface area is 224 Å². The van der Waals surface area contributed by atoms with E-state index < -0.39 is 0 Å². The Bertz CT molecular complexity index is 1330. The first kappa shape index (κ1) is 23.8. The summed E-state index contributed by atoms with van der Waals surface area (Å²) in [5.41, 5.74) is 10.4. The van der Waals surface area contributed by atoms with Gasteiger partial charge in [-0.1, -0.05) is 24.3 Å². The number of rotatable bonds is 5. The monoisotopic (exact) mass is 511 g/mol. The van der Waals surface area contributed by atoms with Crippen LogP contribution in [0.4, 0.5) is 11.5 Å². The molecule has 2 saturated carbocycles. The summed E-state index contributed by atoms with van der Waals surface area (Å²) in [6.45, 7) is 4.04. The minimum absolute atomic E-state index is 0.207. The number of ether oxygens (including phenoxy) is 1. The van der Waals surface area contributed by atoms with Crippen molar-refractivity contribution in [2.24, 2.45) is 17.8 Å². The van der Waals surface area contributed by atoms with Gasteiger partial charge in [0.15, 0.2) is 5.82 Å². The molecule has 2 aromatic carbocycles. The molecule has 3 aromatic rings. The predicted octanol–water partition coefficient (Wildman–Crippen LogP) is 4.76. The number of nitrogens with one attached hydrogen (secondary N) is 1. The minimum atomic E-state index is 0.207. The van der Waals surface area contributed by atoms with Crippen molar-refractivity contribution in [2.45, 2.75) is 50.0 Å². The van der Waals surface area contributed by atoms with E-state index in [1.807, 2.05) is 24.3 Å². The van der Waals surface area contributed by atoms with Gasteiger partial charge in [0.25, 0.3) is 0 Å². The summed E-state index contributed by atoms with van der Waals surface area (Å²) in [6, 6.07) is 18.3. The minimum Gasteiger partial charge on any atom is -0.507 e. The highest BCUT2D eigenvalue weighted by atomic mass is 16.5. The summed E-state index contributed by atoms with van der Waals surface area (Å²) in [5, 5.41) is 22.4. The molecule has 7 nitrogen and oxygen atoms in total. The van der Waals surface area contributed by atoms with Crippen LogP contribution in [0.15, 0.2) is 54.6 Å². The fraction of sp³-hybridized carbons (Fsp3) is 0.484. The van der Waals surface area contributed by atoms with Crippen LogP contribution in [0, 0.1) is 17.8 Å². The van der Waals surface area contributed by atoms with Crippen LogP contribution in [0.25, 0.3) is 11.3 Å². The summed E-state index contributed by atoms with van der Waals surface area (Å²) in [4.78, 5) is 2.43. The maximum atomic E-state index is 10.4. The van der Waals surface area contributed by atoms with Gasteiger partial charge in [-0.3, -0.25) is 0 Å². The average Bonchev–Trinajstić information content (AvgIpc) is 3.28. The number of aromatic nitrogens is 2. The van der Waals surface area contributed by atoms with Crippen LogP contribution in [0.3, 0.4) is 0 Å². The first-order chi connectivity index (χ1) is 18.6. The highest BCUT2D eigenvalue weighted by Crippen LogP contribution is 2.65. The Kier molecular flexibility index (Phi) is 5.91. The van der Waals surface area contributed by atoms with Gasteiger partial charge in [-0.2, -0.15) is 0 Å². The number of nitrogens with zero attached hydrogens (tertiary/aromatic N) is 3. The molecule has 0 radical (unpaired) electrons. The van der Waals surface area contributed by atoms with E-state index in [-0.39, 0.29) is 11.2 Å². The summed E-state index contributed by atoms with van der Waals surface area (Å²) < 4.78 is 6.43. The lowest BCUT2D eigenvalue weighted by Gasteiger charge is -2.53. The molecule has 7 rings (SSSR count). The van der Waals surface area contributed by atoms with Crippen LogP contribution in [0.5, 0.6) is 11.5 Å². The SMILES string of the molecule is Nc1nnc(-c2ccccc2O)cc1N1CC[C@@H]2CC3[C@H](C1)CC3(c1cccc(OC3CCNCC3)c1)C2. The molecule has 2 saturated heterocycles. The Morgan fingerprint density at radius 2 is 1.87 bits per heavy atom. The van der Waals surface area contributed by atoms with E-state index >= 15 is 0 Å². The van der Waals surface area contributed by atoms with Crippen molar-refractivity contribution < 1.29 is 9.84 Å². The number of anilines is 2. The number of phenolic OH excluding ortho intramolecular Hbond substituents is 1.